The lowest BCUT2D eigenvalue weighted by molar-refractivity contribution is 0.267. The van der Waals surface area contributed by atoms with Gasteiger partial charge in [-0.25, -0.2) is 0 Å². The topological polar surface area (TPSA) is 38.5 Å². The van der Waals surface area contributed by atoms with Crippen LogP contribution in [0, 0.1) is 0 Å². The predicted octanol–water partition coefficient (Wildman–Crippen LogP) is 2.63. The van der Waals surface area contributed by atoms with Crippen LogP contribution in [0.25, 0.3) is 0 Å². The van der Waals surface area contributed by atoms with Gasteiger partial charge in [-0.2, -0.15) is 0 Å². The third kappa shape index (κ3) is 1.87. The lowest BCUT2D eigenvalue weighted by Crippen LogP contribution is -2.40. The van der Waals surface area contributed by atoms with Gasteiger partial charge in [-0.15, -0.1) is 0 Å². The third-order valence-electron chi connectivity index (χ3n) is 4.36. The maximum Gasteiger partial charge on any atom is 0.147 e. The summed E-state index contributed by atoms with van der Waals surface area (Å²) in [4.78, 5) is 2.26. The van der Waals surface area contributed by atoms with E-state index in [1.807, 2.05) is 0 Å². The van der Waals surface area contributed by atoms with E-state index in [0.29, 0.717) is 0 Å². The van der Waals surface area contributed by atoms with Crippen molar-refractivity contribution < 1.29 is 4.74 Å². The van der Waals surface area contributed by atoms with Crippen LogP contribution in [0.4, 0.5) is 5.69 Å². The summed E-state index contributed by atoms with van der Waals surface area (Å²) in [7, 11) is 2.12. The predicted molar refractivity (Wildman–Crippen MR) is 74.2 cm³/mol. The molecule has 1 aliphatic heterocycles. The molecule has 0 radical (unpaired) electrons. The van der Waals surface area contributed by atoms with Crippen LogP contribution in [0.5, 0.6) is 5.75 Å². The Labute approximate surface area is 109 Å². The van der Waals surface area contributed by atoms with E-state index in [1.54, 1.807) is 0 Å². The normalized spacial score (nSPS) is 22.2. The molecule has 1 aromatic rings. The van der Waals surface area contributed by atoms with Crippen molar-refractivity contribution in [2.24, 2.45) is 5.73 Å². The van der Waals surface area contributed by atoms with Gasteiger partial charge in [-0.1, -0.05) is 31.4 Å². The number of benzene rings is 1. The molecule has 1 aliphatic carbocycles. The van der Waals surface area contributed by atoms with Crippen molar-refractivity contribution in [2.45, 2.75) is 37.6 Å². The van der Waals surface area contributed by atoms with Crippen molar-refractivity contribution in [3.05, 3.63) is 23.8 Å². The number of nitrogens with zero attached hydrogens (tertiary/aromatic N) is 1. The van der Waals surface area contributed by atoms with Gasteiger partial charge in [0.15, 0.2) is 0 Å². The molecule has 2 N–H and O–H groups in total. The second-order valence-corrected chi connectivity index (χ2v) is 5.64. The third-order valence-corrected chi connectivity index (χ3v) is 4.36. The van der Waals surface area contributed by atoms with E-state index in [9.17, 15) is 0 Å². The van der Waals surface area contributed by atoms with Crippen molar-refractivity contribution in [1.29, 1.82) is 0 Å². The first-order valence-corrected chi connectivity index (χ1v) is 6.97. The minimum Gasteiger partial charge on any atom is -0.489 e. The molecule has 0 atom stereocenters. The van der Waals surface area contributed by atoms with Crippen LogP contribution < -0.4 is 15.4 Å². The minimum absolute atomic E-state index is 0.179. The van der Waals surface area contributed by atoms with Crippen molar-refractivity contribution in [3.63, 3.8) is 0 Å². The fourth-order valence-electron chi connectivity index (χ4n) is 3.23. The maximum atomic E-state index is 6.65. The van der Waals surface area contributed by atoms with Gasteiger partial charge in [0, 0.05) is 18.2 Å². The molecule has 0 spiro atoms. The van der Waals surface area contributed by atoms with E-state index >= 15 is 0 Å². The molecule has 1 aromatic carbocycles. The zero-order valence-corrected chi connectivity index (χ0v) is 11.1. The zero-order chi connectivity index (χ0) is 12.6. The van der Waals surface area contributed by atoms with E-state index in [4.69, 9.17) is 10.5 Å². The second kappa shape index (κ2) is 4.47. The summed E-state index contributed by atoms with van der Waals surface area (Å²) in [5.41, 5.74) is 8.88. The average Bonchev–Trinajstić information content (AvgIpc) is 2.39. The van der Waals surface area contributed by atoms with Gasteiger partial charge in [-0.05, 0) is 18.9 Å². The molecule has 3 nitrogen and oxygen atoms in total. The first kappa shape index (κ1) is 11.8. The van der Waals surface area contributed by atoms with Crippen LogP contribution in [-0.2, 0) is 5.54 Å². The van der Waals surface area contributed by atoms with Gasteiger partial charge in [0.25, 0.3) is 0 Å². The summed E-state index contributed by atoms with van der Waals surface area (Å²) < 4.78 is 5.92. The molecule has 0 amide bonds. The monoisotopic (exact) mass is 246 g/mol. The highest BCUT2D eigenvalue weighted by molar-refractivity contribution is 5.64. The van der Waals surface area contributed by atoms with Gasteiger partial charge in [0.05, 0.1) is 12.2 Å². The second-order valence-electron chi connectivity index (χ2n) is 5.64. The van der Waals surface area contributed by atoms with Crippen LogP contribution in [0.15, 0.2) is 18.2 Å². The molecule has 1 heterocycles. The summed E-state index contributed by atoms with van der Waals surface area (Å²) >= 11 is 0. The van der Waals surface area contributed by atoms with Gasteiger partial charge in [-0.3, -0.25) is 0 Å². The van der Waals surface area contributed by atoms with E-state index < -0.39 is 0 Å². The van der Waals surface area contributed by atoms with E-state index in [-0.39, 0.29) is 5.54 Å². The molecule has 3 heteroatoms. The molecule has 0 aromatic heterocycles. The SMILES string of the molecule is CN1CCOc2c1cccc2C1(N)CCCCC1. The Balaban J connectivity index is 2.04. The Morgan fingerprint density at radius 3 is 2.78 bits per heavy atom. The van der Waals surface area contributed by atoms with Crippen LogP contribution in [-0.4, -0.2) is 20.2 Å². The Kier molecular flexibility index (Phi) is 2.94. The fraction of sp³-hybridized carbons (Fsp3) is 0.600. The number of fused-ring (bicyclic) bond motifs is 1. The number of rotatable bonds is 1. The highest BCUT2D eigenvalue weighted by Gasteiger charge is 2.34. The van der Waals surface area contributed by atoms with E-state index in [2.05, 4.69) is 30.1 Å². The first-order valence-electron chi connectivity index (χ1n) is 6.97. The molecule has 1 saturated carbocycles. The molecule has 18 heavy (non-hydrogen) atoms. The summed E-state index contributed by atoms with van der Waals surface area (Å²) in [5, 5.41) is 0. The molecule has 98 valence electrons. The highest BCUT2D eigenvalue weighted by Crippen LogP contribution is 2.44. The Morgan fingerprint density at radius 1 is 1.22 bits per heavy atom. The van der Waals surface area contributed by atoms with E-state index in [0.717, 1.165) is 31.7 Å². The molecule has 0 unspecified atom stereocenters. The number of ether oxygens (including phenoxy) is 1. The molecular weight excluding hydrogens is 224 g/mol. The van der Waals surface area contributed by atoms with Crippen LogP contribution in [0.3, 0.4) is 0 Å². The fourth-order valence-corrected chi connectivity index (χ4v) is 3.23. The summed E-state index contributed by atoms with van der Waals surface area (Å²) in [5.74, 6) is 1.02. The molecular formula is C15H22N2O. The van der Waals surface area contributed by atoms with Crippen molar-refractivity contribution >= 4 is 5.69 Å². The lowest BCUT2D eigenvalue weighted by Gasteiger charge is -2.38. The van der Waals surface area contributed by atoms with Crippen molar-refractivity contribution in [3.8, 4) is 5.75 Å². The standard InChI is InChI=1S/C15H22N2O/c1-17-10-11-18-14-12(6-5-7-13(14)17)15(16)8-3-2-4-9-15/h5-7H,2-4,8-11,16H2,1H3. The maximum absolute atomic E-state index is 6.65. The number of hydrogen-bond donors (Lipinski definition) is 1. The smallest absolute Gasteiger partial charge is 0.147 e. The van der Waals surface area contributed by atoms with E-state index in [1.165, 1.54) is 30.5 Å². The van der Waals surface area contributed by atoms with Gasteiger partial charge in [0.2, 0.25) is 0 Å². The van der Waals surface area contributed by atoms with Gasteiger partial charge < -0.3 is 15.4 Å². The Bertz CT molecular complexity index is 438. The van der Waals surface area contributed by atoms with Crippen LogP contribution >= 0.6 is 0 Å². The number of likely N-dealkylation sites (N-methyl/N-ethyl adjacent to an activating group) is 1. The number of para-hydroxylation sites is 1. The van der Waals surface area contributed by atoms with Gasteiger partial charge >= 0.3 is 0 Å². The molecule has 0 bridgehead atoms. The average molecular weight is 246 g/mol. The van der Waals surface area contributed by atoms with Crippen LogP contribution in [0.1, 0.15) is 37.7 Å². The quantitative estimate of drug-likeness (QED) is 0.828. The summed E-state index contributed by atoms with van der Waals surface area (Å²) in [6.45, 7) is 1.71. The molecule has 1 fully saturated rings. The Morgan fingerprint density at radius 2 is 2.00 bits per heavy atom. The summed E-state index contributed by atoms with van der Waals surface area (Å²) in [6.07, 6.45) is 5.94. The number of nitrogens with two attached hydrogens (primary N) is 1. The summed E-state index contributed by atoms with van der Waals surface area (Å²) in [6, 6.07) is 6.40. The highest BCUT2D eigenvalue weighted by atomic mass is 16.5. The largest absolute Gasteiger partial charge is 0.489 e. The lowest BCUT2D eigenvalue weighted by atomic mass is 9.77. The van der Waals surface area contributed by atoms with Crippen LogP contribution in [0.2, 0.25) is 0 Å². The Hall–Kier alpha value is -1.22. The van der Waals surface area contributed by atoms with Crippen molar-refractivity contribution in [2.75, 3.05) is 25.1 Å². The molecule has 0 saturated heterocycles. The number of anilines is 1. The molecule has 2 aliphatic rings. The minimum atomic E-state index is -0.179. The van der Waals surface area contributed by atoms with Gasteiger partial charge in [0.1, 0.15) is 12.4 Å². The van der Waals surface area contributed by atoms with Crippen molar-refractivity contribution in [1.82, 2.24) is 0 Å². The number of hydrogen-bond acceptors (Lipinski definition) is 3. The molecule has 3 rings (SSSR count). The zero-order valence-electron chi connectivity index (χ0n) is 11.1. The first-order chi connectivity index (χ1) is 8.71.